The fraction of sp³-hybridized carbons (Fsp3) is 0.167. The van der Waals surface area contributed by atoms with Gasteiger partial charge in [-0.25, -0.2) is 4.79 Å². The Balaban J connectivity index is 2.61. The van der Waals surface area contributed by atoms with Gasteiger partial charge in [0, 0.05) is 5.56 Å². The summed E-state index contributed by atoms with van der Waals surface area (Å²) in [6, 6.07) is 3.32. The first-order chi connectivity index (χ1) is 8.00. The van der Waals surface area contributed by atoms with Gasteiger partial charge >= 0.3 is 5.97 Å². The van der Waals surface area contributed by atoms with Gasteiger partial charge in [-0.15, -0.1) is 0 Å². The maximum absolute atomic E-state index is 10.9. The molecule has 0 aliphatic carbocycles. The van der Waals surface area contributed by atoms with Gasteiger partial charge in [-0.05, 0) is 37.1 Å². The normalized spacial score (nSPS) is 10.5. The number of carboxylic acid groups (broad SMARTS) is 1. The molecule has 0 saturated carbocycles. The zero-order valence-electron chi connectivity index (χ0n) is 9.39. The molecule has 88 valence electrons. The van der Waals surface area contributed by atoms with E-state index >= 15 is 0 Å². The summed E-state index contributed by atoms with van der Waals surface area (Å²) in [7, 11) is 0. The Kier molecular flexibility index (Phi) is 2.59. The van der Waals surface area contributed by atoms with E-state index in [9.17, 15) is 9.90 Å². The average Bonchev–Trinajstić information content (AvgIpc) is 2.74. The Bertz CT molecular complexity index is 563. The topological polar surface area (TPSA) is 83.6 Å². The second kappa shape index (κ2) is 3.93. The number of rotatable bonds is 2. The molecular weight excluding hydrogens is 222 g/mol. The van der Waals surface area contributed by atoms with E-state index in [0.29, 0.717) is 16.7 Å². The Hall–Kier alpha value is -2.30. The zero-order chi connectivity index (χ0) is 12.6. The summed E-state index contributed by atoms with van der Waals surface area (Å²) in [5, 5.41) is 22.1. The van der Waals surface area contributed by atoms with Crippen LogP contribution < -0.4 is 0 Å². The molecule has 1 aromatic carbocycles. The number of carboxylic acids is 1. The number of benzene rings is 1. The number of aromatic nitrogens is 1. The number of hydrogen-bond donors (Lipinski definition) is 2. The van der Waals surface area contributed by atoms with Crippen molar-refractivity contribution in [3.63, 3.8) is 0 Å². The molecule has 0 aliphatic rings. The van der Waals surface area contributed by atoms with E-state index in [2.05, 4.69) is 5.16 Å². The van der Waals surface area contributed by atoms with Gasteiger partial charge in [0.05, 0.1) is 6.20 Å². The molecule has 0 aliphatic heterocycles. The third-order valence-corrected chi connectivity index (χ3v) is 2.55. The predicted molar refractivity (Wildman–Crippen MR) is 60.0 cm³/mol. The van der Waals surface area contributed by atoms with Gasteiger partial charge in [-0.2, -0.15) is 0 Å². The van der Waals surface area contributed by atoms with Crippen LogP contribution in [0.25, 0.3) is 11.3 Å². The van der Waals surface area contributed by atoms with E-state index in [0.717, 1.165) is 6.20 Å². The molecule has 0 amide bonds. The van der Waals surface area contributed by atoms with Crippen molar-refractivity contribution in [2.45, 2.75) is 13.8 Å². The van der Waals surface area contributed by atoms with Crippen LogP contribution in [0, 0.1) is 13.8 Å². The number of phenolic OH excluding ortho intramolecular Hbond substituents is 1. The predicted octanol–water partition coefficient (Wildman–Crippen LogP) is 2.36. The molecule has 2 aromatic rings. The molecule has 1 heterocycles. The summed E-state index contributed by atoms with van der Waals surface area (Å²) in [6.45, 7) is 3.48. The molecule has 5 nitrogen and oxygen atoms in total. The van der Waals surface area contributed by atoms with Gasteiger partial charge in [0.15, 0.2) is 5.76 Å². The lowest BCUT2D eigenvalue weighted by atomic mass is 10.0. The van der Waals surface area contributed by atoms with Crippen LogP contribution in [0.15, 0.2) is 22.9 Å². The first kappa shape index (κ1) is 11.2. The summed E-state index contributed by atoms with van der Waals surface area (Å²) in [6.07, 6.45) is 1.16. The van der Waals surface area contributed by atoms with Crippen molar-refractivity contribution in [3.8, 4) is 17.1 Å². The lowest BCUT2D eigenvalue weighted by Gasteiger charge is -2.06. The van der Waals surface area contributed by atoms with Crippen molar-refractivity contribution in [1.29, 1.82) is 0 Å². The van der Waals surface area contributed by atoms with Crippen molar-refractivity contribution in [1.82, 2.24) is 5.16 Å². The van der Waals surface area contributed by atoms with Crippen LogP contribution in [0.3, 0.4) is 0 Å². The smallest absolute Gasteiger partial charge is 0.341 e. The van der Waals surface area contributed by atoms with E-state index in [1.54, 1.807) is 26.0 Å². The SMILES string of the molecule is Cc1cc(-c2oncc2C(=O)O)cc(C)c1O. The Morgan fingerprint density at radius 3 is 2.41 bits per heavy atom. The first-order valence-corrected chi connectivity index (χ1v) is 4.99. The van der Waals surface area contributed by atoms with Gasteiger partial charge in [-0.1, -0.05) is 5.16 Å². The molecular formula is C12H11NO4. The van der Waals surface area contributed by atoms with Crippen LogP contribution in [0.5, 0.6) is 5.75 Å². The Morgan fingerprint density at radius 1 is 1.29 bits per heavy atom. The highest BCUT2D eigenvalue weighted by atomic mass is 16.5. The monoisotopic (exact) mass is 233 g/mol. The Labute approximate surface area is 97.3 Å². The third kappa shape index (κ3) is 1.87. The molecule has 0 radical (unpaired) electrons. The number of aromatic hydroxyl groups is 1. The fourth-order valence-electron chi connectivity index (χ4n) is 1.69. The molecule has 0 atom stereocenters. The van der Waals surface area contributed by atoms with Crippen LogP contribution >= 0.6 is 0 Å². The summed E-state index contributed by atoms with van der Waals surface area (Å²) in [5.74, 6) is -0.696. The quantitative estimate of drug-likeness (QED) is 0.831. The second-order valence-electron chi connectivity index (χ2n) is 3.83. The highest BCUT2D eigenvalue weighted by molar-refractivity contribution is 5.94. The minimum absolute atomic E-state index is 0.00879. The van der Waals surface area contributed by atoms with Crippen LogP contribution in [-0.4, -0.2) is 21.3 Å². The lowest BCUT2D eigenvalue weighted by molar-refractivity contribution is 0.0697. The highest BCUT2D eigenvalue weighted by Gasteiger charge is 2.18. The van der Waals surface area contributed by atoms with Gasteiger partial charge in [0.25, 0.3) is 0 Å². The van der Waals surface area contributed by atoms with Gasteiger partial charge in [0.2, 0.25) is 0 Å². The van der Waals surface area contributed by atoms with Crippen molar-refractivity contribution in [2.75, 3.05) is 0 Å². The van der Waals surface area contributed by atoms with Crippen LogP contribution in [0.4, 0.5) is 0 Å². The Morgan fingerprint density at radius 2 is 1.88 bits per heavy atom. The van der Waals surface area contributed by atoms with E-state index in [1.807, 2.05) is 0 Å². The summed E-state index contributed by atoms with van der Waals surface area (Å²) < 4.78 is 4.95. The molecule has 0 saturated heterocycles. The molecule has 0 spiro atoms. The van der Waals surface area contributed by atoms with E-state index in [1.165, 1.54) is 0 Å². The number of phenols is 1. The van der Waals surface area contributed by atoms with Crippen LogP contribution in [-0.2, 0) is 0 Å². The van der Waals surface area contributed by atoms with Gasteiger partial charge in [0.1, 0.15) is 11.3 Å². The molecule has 5 heteroatoms. The first-order valence-electron chi connectivity index (χ1n) is 4.99. The molecule has 0 bridgehead atoms. The van der Waals surface area contributed by atoms with Crippen molar-refractivity contribution >= 4 is 5.97 Å². The minimum Gasteiger partial charge on any atom is -0.507 e. The molecule has 2 N–H and O–H groups in total. The van der Waals surface area contributed by atoms with E-state index in [4.69, 9.17) is 9.63 Å². The van der Waals surface area contributed by atoms with Gasteiger partial charge < -0.3 is 14.7 Å². The van der Waals surface area contributed by atoms with Crippen LogP contribution in [0.1, 0.15) is 21.5 Å². The molecule has 1 aromatic heterocycles. The zero-order valence-corrected chi connectivity index (χ0v) is 9.39. The largest absolute Gasteiger partial charge is 0.507 e. The number of aromatic carboxylic acids is 1. The fourth-order valence-corrected chi connectivity index (χ4v) is 1.69. The molecule has 0 unspecified atom stereocenters. The minimum atomic E-state index is -1.09. The van der Waals surface area contributed by atoms with Crippen molar-refractivity contribution in [2.24, 2.45) is 0 Å². The maximum atomic E-state index is 10.9. The standard InChI is InChI=1S/C12H11NO4/c1-6-3-8(4-7(2)10(6)14)11-9(12(15)16)5-13-17-11/h3-5,14H,1-2H3,(H,15,16). The third-order valence-electron chi connectivity index (χ3n) is 2.55. The van der Waals surface area contributed by atoms with E-state index < -0.39 is 5.97 Å². The summed E-state index contributed by atoms with van der Waals surface area (Å²) >= 11 is 0. The molecule has 2 rings (SSSR count). The number of hydrogen-bond acceptors (Lipinski definition) is 4. The highest BCUT2D eigenvalue weighted by Crippen LogP contribution is 2.30. The lowest BCUT2D eigenvalue weighted by Crippen LogP contribution is -1.96. The molecule has 0 fully saturated rings. The maximum Gasteiger partial charge on any atom is 0.341 e. The average molecular weight is 233 g/mol. The number of carbonyl (C=O) groups is 1. The number of nitrogens with zero attached hydrogens (tertiary/aromatic N) is 1. The van der Waals surface area contributed by atoms with Crippen molar-refractivity contribution < 1.29 is 19.5 Å². The second-order valence-corrected chi connectivity index (χ2v) is 3.83. The summed E-state index contributed by atoms with van der Waals surface area (Å²) in [4.78, 5) is 10.9. The number of aryl methyl sites for hydroxylation is 2. The van der Waals surface area contributed by atoms with Gasteiger partial charge in [-0.3, -0.25) is 0 Å². The van der Waals surface area contributed by atoms with Crippen molar-refractivity contribution in [3.05, 3.63) is 35.0 Å². The van der Waals surface area contributed by atoms with Crippen LogP contribution in [0.2, 0.25) is 0 Å². The summed E-state index contributed by atoms with van der Waals surface area (Å²) in [5.41, 5.74) is 1.92. The van der Waals surface area contributed by atoms with E-state index in [-0.39, 0.29) is 17.1 Å². The molecule has 17 heavy (non-hydrogen) atoms.